The average Bonchev–Trinajstić information content (AvgIpc) is 2.98. The summed E-state index contributed by atoms with van der Waals surface area (Å²) in [7, 11) is -3.29. The maximum atomic E-state index is 12.8. The number of esters is 1. The van der Waals surface area contributed by atoms with Crippen molar-refractivity contribution in [1.82, 2.24) is 4.57 Å². The number of benzene rings is 2. The molecule has 8 nitrogen and oxygen atoms in total. The largest absolute Gasteiger partial charge is 0.462 e. The maximum absolute atomic E-state index is 12.8. The minimum absolute atomic E-state index is 0.0359. The fourth-order valence-electron chi connectivity index (χ4n) is 3.70. The van der Waals surface area contributed by atoms with Crippen molar-refractivity contribution < 1.29 is 22.9 Å². The average molecular weight is 457 g/mol. The summed E-state index contributed by atoms with van der Waals surface area (Å²) in [5, 5.41) is 11.0. The number of carbonyl (C=O) groups excluding carboxylic acids is 1. The zero-order valence-corrected chi connectivity index (χ0v) is 19.1. The Morgan fingerprint density at radius 2 is 1.62 bits per heavy atom. The molecule has 1 aromatic heterocycles. The molecule has 0 amide bonds. The molecule has 0 aliphatic heterocycles. The molecule has 2 aromatic carbocycles. The number of non-ortho nitro benzene ring substituents is 1. The summed E-state index contributed by atoms with van der Waals surface area (Å²) >= 11 is 0. The predicted molar refractivity (Wildman–Crippen MR) is 121 cm³/mol. The zero-order valence-electron chi connectivity index (χ0n) is 18.3. The number of nitro groups is 1. The van der Waals surface area contributed by atoms with Crippen LogP contribution in [0.4, 0.5) is 5.69 Å². The smallest absolute Gasteiger partial charge is 0.340 e. The topological polar surface area (TPSA) is 109 Å². The standard InChI is InChI=1S/C23H24N2O6S/c1-5-31-23(26)22-16(3)24(14-17-6-12-20(13-7-17)32(4,29)30)15(2)21(22)18-8-10-19(11-9-18)25(27)28/h6-13H,5,14H2,1-4H3. The third-order valence-corrected chi connectivity index (χ3v) is 6.45. The van der Waals surface area contributed by atoms with Crippen molar-refractivity contribution in [3.8, 4) is 11.1 Å². The maximum Gasteiger partial charge on any atom is 0.340 e. The minimum atomic E-state index is -3.29. The first-order valence-corrected chi connectivity index (χ1v) is 11.8. The summed E-state index contributed by atoms with van der Waals surface area (Å²) in [6, 6.07) is 12.6. The van der Waals surface area contributed by atoms with E-state index in [1.165, 1.54) is 12.1 Å². The number of aromatic nitrogens is 1. The molecule has 0 radical (unpaired) electrons. The second-order valence-electron chi connectivity index (χ2n) is 7.45. The lowest BCUT2D eigenvalue weighted by molar-refractivity contribution is -0.384. The van der Waals surface area contributed by atoms with E-state index in [0.717, 1.165) is 17.5 Å². The molecule has 0 saturated carbocycles. The van der Waals surface area contributed by atoms with Gasteiger partial charge in [0.25, 0.3) is 5.69 Å². The summed E-state index contributed by atoms with van der Waals surface area (Å²) in [5.74, 6) is -0.465. The van der Waals surface area contributed by atoms with E-state index in [0.29, 0.717) is 28.9 Å². The van der Waals surface area contributed by atoms with Crippen LogP contribution < -0.4 is 0 Å². The summed E-state index contributed by atoms with van der Waals surface area (Å²) in [6.07, 6.45) is 1.16. The van der Waals surface area contributed by atoms with Crippen molar-refractivity contribution >= 4 is 21.5 Å². The van der Waals surface area contributed by atoms with Gasteiger partial charge in [0.1, 0.15) is 0 Å². The Balaban J connectivity index is 2.10. The van der Waals surface area contributed by atoms with Gasteiger partial charge in [-0.3, -0.25) is 10.1 Å². The van der Waals surface area contributed by atoms with E-state index in [1.807, 2.05) is 18.4 Å². The van der Waals surface area contributed by atoms with E-state index in [2.05, 4.69) is 0 Å². The van der Waals surface area contributed by atoms with Gasteiger partial charge in [0.15, 0.2) is 9.84 Å². The van der Waals surface area contributed by atoms with Gasteiger partial charge in [-0.05, 0) is 56.2 Å². The van der Waals surface area contributed by atoms with Crippen LogP contribution in [-0.4, -0.2) is 36.7 Å². The van der Waals surface area contributed by atoms with Crippen LogP contribution >= 0.6 is 0 Å². The summed E-state index contributed by atoms with van der Waals surface area (Å²) < 4.78 is 30.7. The van der Waals surface area contributed by atoms with E-state index in [1.54, 1.807) is 43.3 Å². The Morgan fingerprint density at radius 3 is 2.12 bits per heavy atom. The van der Waals surface area contributed by atoms with Crippen molar-refractivity contribution in [2.45, 2.75) is 32.2 Å². The van der Waals surface area contributed by atoms with Gasteiger partial charge < -0.3 is 9.30 Å². The Bertz CT molecular complexity index is 1270. The van der Waals surface area contributed by atoms with Crippen molar-refractivity contribution in [2.24, 2.45) is 0 Å². The first kappa shape index (κ1) is 23.2. The molecule has 3 aromatic rings. The Hall–Kier alpha value is -3.46. The number of ether oxygens (including phenoxy) is 1. The SMILES string of the molecule is CCOC(=O)c1c(-c2ccc([N+](=O)[O-])cc2)c(C)n(Cc2ccc(S(C)(=O)=O)cc2)c1C. The zero-order chi connectivity index (χ0) is 23.6. The highest BCUT2D eigenvalue weighted by molar-refractivity contribution is 7.90. The van der Waals surface area contributed by atoms with E-state index < -0.39 is 20.7 Å². The third kappa shape index (κ3) is 4.57. The molecule has 3 rings (SSSR count). The van der Waals surface area contributed by atoms with Crippen LogP contribution in [0.5, 0.6) is 0 Å². The van der Waals surface area contributed by atoms with Crippen molar-refractivity contribution in [3.63, 3.8) is 0 Å². The normalized spacial score (nSPS) is 11.4. The highest BCUT2D eigenvalue weighted by atomic mass is 32.2. The number of rotatable bonds is 7. The summed E-state index contributed by atoms with van der Waals surface area (Å²) in [6.45, 7) is 6.05. The molecule has 0 fully saturated rings. The Labute approximate surface area is 186 Å². The van der Waals surface area contributed by atoms with E-state index >= 15 is 0 Å². The van der Waals surface area contributed by atoms with Crippen LogP contribution in [-0.2, 0) is 21.1 Å². The molecule has 32 heavy (non-hydrogen) atoms. The molecule has 0 aliphatic rings. The van der Waals surface area contributed by atoms with Gasteiger partial charge in [-0.2, -0.15) is 0 Å². The second-order valence-corrected chi connectivity index (χ2v) is 9.46. The molecule has 0 saturated heterocycles. The molecule has 168 valence electrons. The van der Waals surface area contributed by atoms with Gasteiger partial charge in [0, 0.05) is 41.9 Å². The number of sulfone groups is 1. The van der Waals surface area contributed by atoms with Gasteiger partial charge in [-0.25, -0.2) is 13.2 Å². The number of hydrogen-bond donors (Lipinski definition) is 0. The number of nitro benzene ring substituents is 1. The number of carbonyl (C=O) groups is 1. The first-order chi connectivity index (χ1) is 15.0. The third-order valence-electron chi connectivity index (χ3n) is 5.32. The fourth-order valence-corrected chi connectivity index (χ4v) is 4.33. The monoisotopic (exact) mass is 456 g/mol. The van der Waals surface area contributed by atoms with Gasteiger partial charge in [-0.15, -0.1) is 0 Å². The van der Waals surface area contributed by atoms with E-state index in [-0.39, 0.29) is 17.2 Å². The van der Waals surface area contributed by atoms with Crippen LogP contribution in [0.2, 0.25) is 0 Å². The highest BCUT2D eigenvalue weighted by Crippen LogP contribution is 2.34. The van der Waals surface area contributed by atoms with E-state index in [9.17, 15) is 23.3 Å². The van der Waals surface area contributed by atoms with Crippen molar-refractivity contribution in [2.75, 3.05) is 12.9 Å². The number of hydrogen-bond acceptors (Lipinski definition) is 6. The fraction of sp³-hybridized carbons (Fsp3) is 0.261. The van der Waals surface area contributed by atoms with Gasteiger partial charge >= 0.3 is 5.97 Å². The molecule has 1 heterocycles. The van der Waals surface area contributed by atoms with Gasteiger partial charge in [-0.1, -0.05) is 12.1 Å². The van der Waals surface area contributed by atoms with Crippen LogP contribution in [0, 0.1) is 24.0 Å². The second kappa shape index (κ2) is 8.96. The predicted octanol–water partition coefficient (Wildman–Crippen LogP) is 4.31. The van der Waals surface area contributed by atoms with Crippen molar-refractivity contribution in [1.29, 1.82) is 0 Å². The quantitative estimate of drug-likeness (QED) is 0.298. The lowest BCUT2D eigenvalue weighted by atomic mass is 10.0. The van der Waals surface area contributed by atoms with Gasteiger partial charge in [0.05, 0.1) is 22.0 Å². The minimum Gasteiger partial charge on any atom is -0.462 e. The first-order valence-electron chi connectivity index (χ1n) is 9.95. The van der Waals surface area contributed by atoms with Crippen LogP contribution in [0.25, 0.3) is 11.1 Å². The van der Waals surface area contributed by atoms with Gasteiger partial charge in [0.2, 0.25) is 0 Å². The molecule has 0 unspecified atom stereocenters. The lowest BCUT2D eigenvalue weighted by Crippen LogP contribution is -2.09. The van der Waals surface area contributed by atoms with Crippen LogP contribution in [0.3, 0.4) is 0 Å². The molecule has 0 bridgehead atoms. The Morgan fingerprint density at radius 1 is 1.03 bits per heavy atom. The van der Waals surface area contributed by atoms with E-state index in [4.69, 9.17) is 4.74 Å². The molecule has 0 spiro atoms. The summed E-state index contributed by atoms with van der Waals surface area (Å²) in [4.78, 5) is 23.6. The molecule has 0 N–H and O–H groups in total. The summed E-state index contributed by atoms with van der Waals surface area (Å²) in [5.41, 5.74) is 4.06. The lowest BCUT2D eigenvalue weighted by Gasteiger charge is -2.11. The molecule has 0 atom stereocenters. The number of nitrogens with zero attached hydrogens (tertiary/aromatic N) is 2. The molecule has 0 aliphatic carbocycles. The molecule has 9 heteroatoms. The molecular weight excluding hydrogens is 432 g/mol. The van der Waals surface area contributed by atoms with Crippen LogP contribution in [0.1, 0.15) is 34.2 Å². The Kier molecular flexibility index (Phi) is 6.50. The highest BCUT2D eigenvalue weighted by Gasteiger charge is 2.25. The van der Waals surface area contributed by atoms with Crippen LogP contribution in [0.15, 0.2) is 53.4 Å². The van der Waals surface area contributed by atoms with Crippen molar-refractivity contribution in [3.05, 3.63) is 81.2 Å². The molecular formula is C23H24N2O6S.